The van der Waals surface area contributed by atoms with Crippen LogP contribution in [0.2, 0.25) is 0 Å². The van der Waals surface area contributed by atoms with Crippen LogP contribution >= 0.6 is 0 Å². The summed E-state index contributed by atoms with van der Waals surface area (Å²) < 4.78 is 5.53. The minimum Gasteiger partial charge on any atom is -0.444 e. The summed E-state index contributed by atoms with van der Waals surface area (Å²) in [6.07, 6.45) is 0.458. The maximum atomic E-state index is 13.1. The molecule has 2 amide bonds. The molecule has 0 spiro atoms. The van der Waals surface area contributed by atoms with E-state index in [-0.39, 0.29) is 18.0 Å². The number of hydrogen-bond donors (Lipinski definition) is 0. The van der Waals surface area contributed by atoms with Gasteiger partial charge in [0.2, 0.25) is 5.91 Å². The number of rotatable bonds is 3. The molecule has 1 fully saturated rings. The van der Waals surface area contributed by atoms with E-state index in [1.807, 2.05) is 76.8 Å². The largest absolute Gasteiger partial charge is 0.444 e. The Kier molecular flexibility index (Phi) is 5.99. The molecule has 5 nitrogen and oxygen atoms in total. The summed E-state index contributed by atoms with van der Waals surface area (Å²) >= 11 is 0. The van der Waals surface area contributed by atoms with Crippen LogP contribution in [0, 0.1) is 5.41 Å². The van der Waals surface area contributed by atoms with E-state index in [2.05, 4.69) is 0 Å². The van der Waals surface area contributed by atoms with Gasteiger partial charge in [-0.1, -0.05) is 51.1 Å². The first-order chi connectivity index (χ1) is 12.0. The summed E-state index contributed by atoms with van der Waals surface area (Å²) in [6.45, 7) is 13.0. The van der Waals surface area contributed by atoms with Gasteiger partial charge < -0.3 is 14.5 Å². The predicted octanol–water partition coefficient (Wildman–Crippen LogP) is 4.24. The van der Waals surface area contributed by atoms with E-state index in [1.54, 1.807) is 4.90 Å². The predicted molar refractivity (Wildman–Crippen MR) is 103 cm³/mol. The second-order valence-corrected chi connectivity index (χ2v) is 8.59. The van der Waals surface area contributed by atoms with Gasteiger partial charge >= 0.3 is 6.09 Å². The first-order valence-corrected chi connectivity index (χ1v) is 9.39. The number of carbonyl (C=O) groups excluding carboxylic acids is 2. The number of amides is 2. The lowest BCUT2D eigenvalue weighted by atomic mass is 9.87. The number of benzene rings is 1. The average Bonchev–Trinajstić information content (AvgIpc) is 2.59. The van der Waals surface area contributed by atoms with Crippen LogP contribution < -0.4 is 0 Å². The first-order valence-electron chi connectivity index (χ1n) is 9.39. The molecule has 0 bridgehead atoms. The fourth-order valence-electron chi connectivity index (χ4n) is 3.02. The zero-order valence-corrected chi connectivity index (χ0v) is 16.9. The number of hydrogen-bond acceptors (Lipinski definition) is 3. The molecule has 144 valence electrons. The van der Waals surface area contributed by atoms with E-state index in [0.717, 1.165) is 12.0 Å². The monoisotopic (exact) mass is 360 g/mol. The van der Waals surface area contributed by atoms with Crippen molar-refractivity contribution in [3.8, 4) is 0 Å². The standard InChI is InChI=1S/C21H32N2O3/c1-7-21(5,6)18(24)23-14-13-22(19(25)26-20(2,3)4)15-17(23)16-11-9-8-10-12-16/h8-12,17H,7,13-15H2,1-6H3. The molecule has 1 aliphatic heterocycles. The second kappa shape index (κ2) is 7.68. The molecule has 0 radical (unpaired) electrons. The minimum atomic E-state index is -0.531. The summed E-state index contributed by atoms with van der Waals surface area (Å²) in [4.78, 5) is 29.3. The van der Waals surface area contributed by atoms with Gasteiger partial charge in [-0.15, -0.1) is 0 Å². The topological polar surface area (TPSA) is 49.9 Å². The Morgan fingerprint density at radius 3 is 2.23 bits per heavy atom. The molecule has 1 aliphatic rings. The third-order valence-corrected chi connectivity index (χ3v) is 4.94. The van der Waals surface area contributed by atoms with Gasteiger partial charge in [-0.25, -0.2) is 4.79 Å². The maximum absolute atomic E-state index is 13.1. The quantitative estimate of drug-likeness (QED) is 0.810. The molecular weight excluding hydrogens is 328 g/mol. The molecule has 0 aromatic heterocycles. The van der Waals surface area contributed by atoms with Crippen LogP contribution in [0.1, 0.15) is 59.6 Å². The van der Waals surface area contributed by atoms with Gasteiger partial charge in [-0.3, -0.25) is 4.79 Å². The van der Waals surface area contributed by atoms with Crippen molar-refractivity contribution in [3.63, 3.8) is 0 Å². The molecule has 2 rings (SSSR count). The third kappa shape index (κ3) is 4.77. The van der Waals surface area contributed by atoms with Crippen molar-refractivity contribution in [2.24, 2.45) is 5.41 Å². The van der Waals surface area contributed by atoms with Crippen LogP contribution in [0.3, 0.4) is 0 Å². The van der Waals surface area contributed by atoms with Crippen LogP contribution in [-0.2, 0) is 9.53 Å². The Hall–Kier alpha value is -2.04. The summed E-state index contributed by atoms with van der Waals surface area (Å²) in [5.41, 5.74) is 0.0958. The molecule has 26 heavy (non-hydrogen) atoms. The lowest BCUT2D eigenvalue weighted by Crippen LogP contribution is -2.55. The molecule has 1 aromatic rings. The van der Waals surface area contributed by atoms with Gasteiger partial charge in [0, 0.05) is 25.0 Å². The van der Waals surface area contributed by atoms with Gasteiger partial charge in [0.05, 0.1) is 6.04 Å². The zero-order chi connectivity index (χ0) is 19.5. The van der Waals surface area contributed by atoms with Crippen molar-refractivity contribution in [2.45, 2.75) is 59.6 Å². The number of carbonyl (C=O) groups is 2. The van der Waals surface area contributed by atoms with E-state index < -0.39 is 11.0 Å². The molecule has 1 unspecified atom stereocenters. The van der Waals surface area contributed by atoms with E-state index in [4.69, 9.17) is 4.74 Å². The van der Waals surface area contributed by atoms with Gasteiger partial charge in [0.15, 0.2) is 0 Å². The Morgan fingerprint density at radius 2 is 1.69 bits per heavy atom. The van der Waals surface area contributed by atoms with E-state index in [0.29, 0.717) is 19.6 Å². The second-order valence-electron chi connectivity index (χ2n) is 8.59. The van der Waals surface area contributed by atoms with Gasteiger partial charge in [0.1, 0.15) is 5.60 Å². The summed E-state index contributed by atoms with van der Waals surface area (Å²) in [6, 6.07) is 9.77. The summed E-state index contributed by atoms with van der Waals surface area (Å²) in [5, 5.41) is 0. The highest BCUT2D eigenvalue weighted by atomic mass is 16.6. The zero-order valence-electron chi connectivity index (χ0n) is 16.9. The number of ether oxygens (including phenoxy) is 1. The molecule has 0 saturated carbocycles. The smallest absolute Gasteiger partial charge is 0.410 e. The molecule has 1 atom stereocenters. The lowest BCUT2D eigenvalue weighted by Gasteiger charge is -2.44. The molecule has 1 saturated heterocycles. The highest BCUT2D eigenvalue weighted by Crippen LogP contribution is 2.32. The molecule has 1 heterocycles. The first kappa shape index (κ1) is 20.3. The molecular formula is C21H32N2O3. The Labute approximate surface area is 157 Å². The van der Waals surface area contributed by atoms with E-state index in [9.17, 15) is 9.59 Å². The molecule has 5 heteroatoms. The molecule has 0 aliphatic carbocycles. The van der Waals surface area contributed by atoms with Crippen molar-refractivity contribution in [2.75, 3.05) is 19.6 Å². The molecule has 0 N–H and O–H groups in total. The van der Waals surface area contributed by atoms with Crippen LogP contribution in [-0.4, -0.2) is 47.0 Å². The van der Waals surface area contributed by atoms with Crippen molar-refractivity contribution in [1.82, 2.24) is 9.80 Å². The maximum Gasteiger partial charge on any atom is 0.410 e. The highest BCUT2D eigenvalue weighted by molar-refractivity contribution is 5.82. The number of piperazine rings is 1. The summed E-state index contributed by atoms with van der Waals surface area (Å²) in [5.74, 6) is 0.137. The summed E-state index contributed by atoms with van der Waals surface area (Å²) in [7, 11) is 0. The minimum absolute atomic E-state index is 0.137. The van der Waals surface area contributed by atoms with E-state index >= 15 is 0 Å². The molecule has 1 aromatic carbocycles. The van der Waals surface area contributed by atoms with Crippen LogP contribution in [0.25, 0.3) is 0 Å². The van der Waals surface area contributed by atoms with Gasteiger partial charge in [-0.2, -0.15) is 0 Å². The van der Waals surface area contributed by atoms with Crippen molar-refractivity contribution in [3.05, 3.63) is 35.9 Å². The number of nitrogens with zero attached hydrogens (tertiary/aromatic N) is 2. The Morgan fingerprint density at radius 1 is 1.08 bits per heavy atom. The van der Waals surface area contributed by atoms with Gasteiger partial charge in [-0.05, 0) is 32.8 Å². The third-order valence-electron chi connectivity index (χ3n) is 4.94. The average molecular weight is 360 g/mol. The highest BCUT2D eigenvalue weighted by Gasteiger charge is 2.39. The van der Waals surface area contributed by atoms with Crippen molar-refractivity contribution < 1.29 is 14.3 Å². The van der Waals surface area contributed by atoms with Crippen LogP contribution in [0.4, 0.5) is 4.79 Å². The van der Waals surface area contributed by atoms with Crippen molar-refractivity contribution in [1.29, 1.82) is 0 Å². The SMILES string of the molecule is CCC(C)(C)C(=O)N1CCN(C(=O)OC(C)(C)C)CC1c1ccccc1. The fourth-order valence-corrected chi connectivity index (χ4v) is 3.02. The lowest BCUT2D eigenvalue weighted by molar-refractivity contribution is -0.146. The normalized spacial score (nSPS) is 18.6. The van der Waals surface area contributed by atoms with Crippen molar-refractivity contribution >= 4 is 12.0 Å². The Balaban J connectivity index is 2.26. The van der Waals surface area contributed by atoms with Gasteiger partial charge in [0.25, 0.3) is 0 Å². The van der Waals surface area contributed by atoms with Crippen LogP contribution in [0.5, 0.6) is 0 Å². The Bertz CT molecular complexity index is 634. The van der Waals surface area contributed by atoms with E-state index in [1.165, 1.54) is 0 Å². The van der Waals surface area contributed by atoms with Crippen LogP contribution in [0.15, 0.2) is 30.3 Å². The fraction of sp³-hybridized carbons (Fsp3) is 0.619.